The second-order valence-electron chi connectivity index (χ2n) is 7.68. The number of halogens is 3. The number of carboxylic acids is 1. The largest absolute Gasteiger partial charge is 0.490 e. The standard InChI is InChI=1S/C17H27N5O3.C2HF3O2/c1-20(2)17(24)18-11-13-10-16(23)22-7-3-6-21(12-15(22)19-13)14-4-8-25-9-5-14;3-2(4,5)1(6)7/h10,14H,3-9,11-12H2,1-2H3,(H,18,24);(H,6,7). The molecule has 2 N–H and O–H groups in total. The van der Waals surface area contributed by atoms with E-state index >= 15 is 0 Å². The molecule has 180 valence electrons. The Kier molecular flexibility index (Phi) is 9.01. The summed E-state index contributed by atoms with van der Waals surface area (Å²) in [6.45, 7) is 4.22. The van der Waals surface area contributed by atoms with Crippen LogP contribution in [0, 0.1) is 0 Å². The molecule has 1 aromatic heterocycles. The van der Waals surface area contributed by atoms with Gasteiger partial charge in [0, 0.05) is 52.5 Å². The van der Waals surface area contributed by atoms with Crippen LogP contribution in [0.25, 0.3) is 0 Å². The number of rotatable bonds is 3. The van der Waals surface area contributed by atoms with Crippen LogP contribution in [-0.2, 0) is 29.2 Å². The lowest BCUT2D eigenvalue weighted by atomic mass is 10.1. The van der Waals surface area contributed by atoms with E-state index in [9.17, 15) is 22.8 Å². The van der Waals surface area contributed by atoms with E-state index in [-0.39, 0.29) is 18.1 Å². The number of hydrogen-bond acceptors (Lipinski definition) is 6. The Morgan fingerprint density at radius 1 is 1.28 bits per heavy atom. The zero-order chi connectivity index (χ0) is 23.9. The number of nitrogens with zero attached hydrogens (tertiary/aromatic N) is 4. The fourth-order valence-electron chi connectivity index (χ4n) is 3.44. The number of carbonyl (C=O) groups excluding carboxylic acids is 1. The van der Waals surface area contributed by atoms with Crippen LogP contribution in [0.2, 0.25) is 0 Å². The SMILES string of the molecule is CN(C)C(=O)NCc1cc(=O)n2c(n1)CN(C1CCOCC1)CCC2.O=C(O)C(F)(F)F. The first-order valence-electron chi connectivity index (χ1n) is 10.2. The van der Waals surface area contributed by atoms with Crippen LogP contribution >= 0.6 is 0 Å². The quantitative estimate of drug-likeness (QED) is 0.688. The molecule has 1 saturated heterocycles. The van der Waals surface area contributed by atoms with Crippen molar-refractivity contribution >= 4 is 12.0 Å². The lowest BCUT2D eigenvalue weighted by Crippen LogP contribution is -2.39. The summed E-state index contributed by atoms with van der Waals surface area (Å²) in [6, 6.07) is 1.83. The third-order valence-corrected chi connectivity index (χ3v) is 5.09. The van der Waals surface area contributed by atoms with Gasteiger partial charge in [-0.3, -0.25) is 14.3 Å². The number of ether oxygens (including phenoxy) is 1. The summed E-state index contributed by atoms with van der Waals surface area (Å²) in [4.78, 5) is 41.6. The molecule has 3 rings (SSSR count). The Balaban J connectivity index is 0.000000451. The smallest absolute Gasteiger partial charge is 0.475 e. The molecule has 2 amide bonds. The van der Waals surface area contributed by atoms with Crippen LogP contribution < -0.4 is 10.9 Å². The van der Waals surface area contributed by atoms with Crippen molar-refractivity contribution < 1.29 is 32.6 Å². The van der Waals surface area contributed by atoms with Gasteiger partial charge in [-0.15, -0.1) is 0 Å². The van der Waals surface area contributed by atoms with E-state index in [0.717, 1.165) is 44.8 Å². The first-order chi connectivity index (χ1) is 15.0. The molecule has 32 heavy (non-hydrogen) atoms. The van der Waals surface area contributed by atoms with E-state index in [2.05, 4.69) is 15.2 Å². The Labute approximate surface area is 183 Å². The lowest BCUT2D eigenvalue weighted by Gasteiger charge is -2.33. The maximum Gasteiger partial charge on any atom is 0.490 e. The Morgan fingerprint density at radius 3 is 2.47 bits per heavy atom. The highest BCUT2D eigenvalue weighted by Gasteiger charge is 2.38. The van der Waals surface area contributed by atoms with Crippen molar-refractivity contribution in [2.75, 3.05) is 33.9 Å². The van der Waals surface area contributed by atoms with Gasteiger partial charge in [0.2, 0.25) is 0 Å². The molecule has 0 atom stereocenters. The van der Waals surface area contributed by atoms with Crippen LogP contribution in [0.1, 0.15) is 30.8 Å². The summed E-state index contributed by atoms with van der Waals surface area (Å²) in [7, 11) is 3.36. The van der Waals surface area contributed by atoms with Gasteiger partial charge in [-0.1, -0.05) is 0 Å². The number of aliphatic carboxylic acids is 1. The van der Waals surface area contributed by atoms with Crippen molar-refractivity contribution in [3.63, 3.8) is 0 Å². The summed E-state index contributed by atoms with van der Waals surface area (Å²) >= 11 is 0. The van der Waals surface area contributed by atoms with Crippen molar-refractivity contribution in [2.24, 2.45) is 0 Å². The first-order valence-corrected chi connectivity index (χ1v) is 10.2. The van der Waals surface area contributed by atoms with Gasteiger partial charge in [0.1, 0.15) is 5.82 Å². The van der Waals surface area contributed by atoms with Crippen molar-refractivity contribution in [1.29, 1.82) is 0 Å². The molecular weight excluding hydrogens is 435 g/mol. The number of carbonyl (C=O) groups is 2. The zero-order valence-corrected chi connectivity index (χ0v) is 18.0. The van der Waals surface area contributed by atoms with Crippen molar-refractivity contribution in [3.8, 4) is 0 Å². The molecule has 1 fully saturated rings. The second kappa shape index (κ2) is 11.3. The summed E-state index contributed by atoms with van der Waals surface area (Å²) in [5.41, 5.74) is 0.577. The maximum atomic E-state index is 12.5. The molecule has 0 spiro atoms. The Hall–Kier alpha value is -2.67. The highest BCUT2D eigenvalue weighted by atomic mass is 19.4. The van der Waals surface area contributed by atoms with Crippen molar-refractivity contribution in [3.05, 3.63) is 27.9 Å². The molecule has 0 radical (unpaired) electrons. The van der Waals surface area contributed by atoms with E-state index in [1.807, 2.05) is 0 Å². The fraction of sp³-hybridized carbons (Fsp3) is 0.684. The van der Waals surface area contributed by atoms with E-state index in [1.54, 1.807) is 18.7 Å². The van der Waals surface area contributed by atoms with E-state index in [0.29, 0.717) is 24.8 Å². The predicted octanol–water partition coefficient (Wildman–Crippen LogP) is 1.03. The van der Waals surface area contributed by atoms with E-state index in [1.165, 1.54) is 11.0 Å². The number of aromatic nitrogens is 2. The summed E-state index contributed by atoms with van der Waals surface area (Å²) in [6.07, 6.45) is -2.08. The lowest BCUT2D eigenvalue weighted by molar-refractivity contribution is -0.192. The molecule has 0 aromatic carbocycles. The van der Waals surface area contributed by atoms with Crippen LogP contribution in [0.5, 0.6) is 0 Å². The third-order valence-electron chi connectivity index (χ3n) is 5.09. The minimum absolute atomic E-state index is 0.0343. The average Bonchev–Trinajstić information content (AvgIpc) is 2.95. The second-order valence-corrected chi connectivity index (χ2v) is 7.68. The number of hydrogen-bond donors (Lipinski definition) is 2. The number of carboxylic acid groups (broad SMARTS) is 1. The topological polar surface area (TPSA) is 117 Å². The zero-order valence-electron chi connectivity index (χ0n) is 18.0. The molecule has 2 aliphatic rings. The molecule has 1 aromatic rings. The number of nitrogens with one attached hydrogen (secondary N) is 1. The van der Waals surface area contributed by atoms with E-state index in [4.69, 9.17) is 14.6 Å². The van der Waals surface area contributed by atoms with Crippen molar-refractivity contribution in [2.45, 2.75) is 51.1 Å². The van der Waals surface area contributed by atoms with E-state index < -0.39 is 12.1 Å². The number of urea groups is 1. The molecule has 13 heteroatoms. The van der Waals surface area contributed by atoms with Crippen LogP contribution in [0.4, 0.5) is 18.0 Å². The minimum Gasteiger partial charge on any atom is -0.475 e. The van der Waals surface area contributed by atoms with Gasteiger partial charge in [0.25, 0.3) is 5.56 Å². The van der Waals surface area contributed by atoms with Gasteiger partial charge in [-0.2, -0.15) is 13.2 Å². The molecule has 10 nitrogen and oxygen atoms in total. The van der Waals surface area contributed by atoms with Gasteiger partial charge < -0.3 is 20.1 Å². The molecule has 0 saturated carbocycles. The Bertz CT molecular complexity index is 853. The predicted molar refractivity (Wildman–Crippen MR) is 107 cm³/mol. The molecule has 0 unspecified atom stereocenters. The van der Waals surface area contributed by atoms with Gasteiger partial charge in [0.05, 0.1) is 18.8 Å². The molecule has 3 heterocycles. The van der Waals surface area contributed by atoms with Gasteiger partial charge >= 0.3 is 18.2 Å². The first kappa shape index (κ1) is 25.6. The molecule has 0 bridgehead atoms. The minimum atomic E-state index is -5.08. The summed E-state index contributed by atoms with van der Waals surface area (Å²) < 4.78 is 39.0. The fourth-order valence-corrected chi connectivity index (χ4v) is 3.44. The third kappa shape index (κ3) is 7.48. The average molecular weight is 463 g/mol. The number of fused-ring (bicyclic) bond motifs is 1. The van der Waals surface area contributed by atoms with Gasteiger partial charge in [-0.25, -0.2) is 14.6 Å². The van der Waals surface area contributed by atoms with Crippen LogP contribution in [-0.4, -0.2) is 82.5 Å². The number of amides is 2. The molecule has 0 aliphatic carbocycles. The summed E-state index contributed by atoms with van der Waals surface area (Å²) in [5, 5.41) is 9.89. The Morgan fingerprint density at radius 2 is 1.91 bits per heavy atom. The normalized spacial score (nSPS) is 17.4. The molecular formula is C19H28F3N5O5. The van der Waals surface area contributed by atoms with Gasteiger partial charge in [0.15, 0.2) is 0 Å². The highest BCUT2D eigenvalue weighted by molar-refractivity contribution is 5.73. The van der Waals surface area contributed by atoms with Crippen LogP contribution in [0.15, 0.2) is 10.9 Å². The van der Waals surface area contributed by atoms with Crippen LogP contribution in [0.3, 0.4) is 0 Å². The number of alkyl halides is 3. The summed E-state index contributed by atoms with van der Waals surface area (Å²) in [5.74, 6) is -1.96. The van der Waals surface area contributed by atoms with Gasteiger partial charge in [-0.05, 0) is 19.3 Å². The monoisotopic (exact) mass is 463 g/mol. The van der Waals surface area contributed by atoms with Crippen molar-refractivity contribution in [1.82, 2.24) is 24.7 Å². The maximum absolute atomic E-state index is 12.5. The highest BCUT2D eigenvalue weighted by Crippen LogP contribution is 2.19. The molecule has 2 aliphatic heterocycles.